The highest BCUT2D eigenvalue weighted by Gasteiger charge is 2.42. The number of nitrogens with zero attached hydrogens (tertiary/aromatic N) is 2. The van der Waals surface area contributed by atoms with Crippen LogP contribution in [0.2, 0.25) is 0 Å². The molecule has 134 valence electrons. The van der Waals surface area contributed by atoms with E-state index in [2.05, 4.69) is 0 Å². The maximum absolute atomic E-state index is 12.6. The Morgan fingerprint density at radius 3 is 2.50 bits per heavy atom. The van der Waals surface area contributed by atoms with Gasteiger partial charge < -0.3 is 14.7 Å². The Morgan fingerprint density at radius 2 is 2.00 bits per heavy atom. The van der Waals surface area contributed by atoms with Crippen LogP contribution < -0.4 is 0 Å². The number of carbonyl (C=O) groups excluding carboxylic acids is 1. The molecule has 0 radical (unpaired) electrons. The van der Waals surface area contributed by atoms with Gasteiger partial charge in [0, 0.05) is 13.1 Å². The molecule has 1 unspecified atom stereocenters. The summed E-state index contributed by atoms with van der Waals surface area (Å²) in [6.45, 7) is 4.83. The smallest absolute Gasteiger partial charge is 0.410 e. The fourth-order valence-electron chi connectivity index (χ4n) is 2.27. The Morgan fingerprint density at radius 1 is 1.33 bits per heavy atom. The number of aliphatic carboxylic acids is 1. The highest BCUT2D eigenvalue weighted by Crippen LogP contribution is 2.25. The normalized spacial score (nSPS) is 20.0. The van der Waals surface area contributed by atoms with Crippen LogP contribution in [0.5, 0.6) is 0 Å². The first kappa shape index (κ1) is 18.7. The molecule has 1 N–H and O–H groups in total. The average molecular weight is 376 g/mol. The number of carboxylic acid groups (broad SMARTS) is 1. The quantitative estimate of drug-likeness (QED) is 0.856. The number of hydrogen-bond acceptors (Lipinski definition) is 6. The minimum atomic E-state index is -3.90. The van der Waals surface area contributed by atoms with Crippen LogP contribution in [-0.4, -0.2) is 66.1 Å². The van der Waals surface area contributed by atoms with E-state index in [4.69, 9.17) is 4.74 Å². The third-order valence-electron chi connectivity index (χ3n) is 3.33. The van der Waals surface area contributed by atoms with Gasteiger partial charge in [0.25, 0.3) is 10.0 Å². The van der Waals surface area contributed by atoms with Gasteiger partial charge in [-0.05, 0) is 32.2 Å². The van der Waals surface area contributed by atoms with Crippen LogP contribution in [-0.2, 0) is 19.6 Å². The van der Waals surface area contributed by atoms with Crippen molar-refractivity contribution in [1.82, 2.24) is 9.21 Å². The van der Waals surface area contributed by atoms with Crippen molar-refractivity contribution in [2.75, 3.05) is 19.6 Å². The number of carboxylic acids is 1. The molecule has 1 aromatic heterocycles. The Bertz CT molecular complexity index is 708. The summed E-state index contributed by atoms with van der Waals surface area (Å²) in [6, 6.07) is 1.67. The van der Waals surface area contributed by atoms with Crippen molar-refractivity contribution < 1.29 is 27.9 Å². The Kier molecular flexibility index (Phi) is 5.21. The zero-order chi connectivity index (χ0) is 18.1. The fourth-order valence-corrected chi connectivity index (χ4v) is 4.96. The molecule has 10 heteroatoms. The van der Waals surface area contributed by atoms with E-state index in [-0.39, 0.29) is 23.8 Å². The second kappa shape index (κ2) is 6.69. The zero-order valence-corrected chi connectivity index (χ0v) is 15.3. The molecule has 1 fully saturated rings. The molecular formula is C14H20N2O6S2. The number of thiophene rings is 1. The second-order valence-electron chi connectivity index (χ2n) is 6.33. The molecule has 0 aliphatic carbocycles. The van der Waals surface area contributed by atoms with Crippen LogP contribution in [0, 0.1) is 0 Å². The molecule has 2 rings (SSSR count). The maximum atomic E-state index is 12.6. The van der Waals surface area contributed by atoms with Crippen molar-refractivity contribution in [3.8, 4) is 0 Å². The van der Waals surface area contributed by atoms with Gasteiger partial charge in [-0.2, -0.15) is 4.31 Å². The molecule has 8 nitrogen and oxygen atoms in total. The van der Waals surface area contributed by atoms with Gasteiger partial charge in [0.1, 0.15) is 15.9 Å². The molecule has 1 aliphatic rings. The SMILES string of the molecule is CC(C)(C)OC(=O)N1CCN(S(=O)(=O)c2cccs2)C(C(=O)O)C1. The van der Waals surface area contributed by atoms with Crippen LogP contribution in [0.3, 0.4) is 0 Å². The standard InChI is InChI=1S/C14H20N2O6S2/c1-14(2,3)22-13(19)15-6-7-16(10(9-15)12(17)18)24(20,21)11-5-4-8-23-11/h4-5,8,10H,6-7,9H2,1-3H3,(H,17,18). The zero-order valence-electron chi connectivity index (χ0n) is 13.6. The lowest BCUT2D eigenvalue weighted by atomic mass is 10.2. The molecular weight excluding hydrogens is 356 g/mol. The molecule has 24 heavy (non-hydrogen) atoms. The van der Waals surface area contributed by atoms with Crippen molar-refractivity contribution >= 4 is 33.4 Å². The third-order valence-corrected chi connectivity index (χ3v) is 6.61. The first-order chi connectivity index (χ1) is 11.0. The predicted octanol–water partition coefficient (Wildman–Crippen LogP) is 1.44. The number of sulfonamides is 1. The summed E-state index contributed by atoms with van der Waals surface area (Å²) in [6.07, 6.45) is -0.651. The second-order valence-corrected chi connectivity index (χ2v) is 9.39. The van der Waals surface area contributed by atoms with E-state index in [9.17, 15) is 23.1 Å². The van der Waals surface area contributed by atoms with E-state index < -0.39 is 33.7 Å². The average Bonchev–Trinajstić information content (AvgIpc) is 2.99. The molecule has 1 atom stereocenters. The third kappa shape index (κ3) is 4.05. The number of piperazine rings is 1. The summed E-state index contributed by atoms with van der Waals surface area (Å²) in [5.74, 6) is -1.30. The van der Waals surface area contributed by atoms with Gasteiger partial charge in [0.05, 0.1) is 6.54 Å². The lowest BCUT2D eigenvalue weighted by Crippen LogP contribution is -2.59. The summed E-state index contributed by atoms with van der Waals surface area (Å²) < 4.78 is 31.5. The number of ether oxygens (including phenoxy) is 1. The van der Waals surface area contributed by atoms with Crippen LogP contribution in [0.1, 0.15) is 20.8 Å². The van der Waals surface area contributed by atoms with Gasteiger partial charge in [-0.25, -0.2) is 13.2 Å². The Balaban J connectivity index is 2.21. The molecule has 0 spiro atoms. The highest BCUT2D eigenvalue weighted by molar-refractivity contribution is 7.91. The van der Waals surface area contributed by atoms with E-state index >= 15 is 0 Å². The first-order valence-corrected chi connectivity index (χ1v) is 9.60. The largest absolute Gasteiger partial charge is 0.480 e. The van der Waals surface area contributed by atoms with Gasteiger partial charge in [-0.3, -0.25) is 4.79 Å². The fraction of sp³-hybridized carbons (Fsp3) is 0.571. The summed E-state index contributed by atoms with van der Waals surface area (Å²) in [7, 11) is -3.90. The number of amides is 1. The van der Waals surface area contributed by atoms with Crippen LogP contribution in [0.25, 0.3) is 0 Å². The van der Waals surface area contributed by atoms with Gasteiger partial charge >= 0.3 is 12.1 Å². The van der Waals surface area contributed by atoms with Crippen molar-refractivity contribution in [2.24, 2.45) is 0 Å². The molecule has 1 amide bonds. The highest BCUT2D eigenvalue weighted by atomic mass is 32.2. The molecule has 1 aromatic rings. The molecule has 2 heterocycles. The van der Waals surface area contributed by atoms with Crippen LogP contribution in [0.4, 0.5) is 4.79 Å². The molecule has 1 saturated heterocycles. The van der Waals surface area contributed by atoms with Crippen molar-refractivity contribution in [3.63, 3.8) is 0 Å². The van der Waals surface area contributed by atoms with Crippen molar-refractivity contribution in [1.29, 1.82) is 0 Å². The van der Waals surface area contributed by atoms with Crippen molar-refractivity contribution in [2.45, 2.75) is 36.6 Å². The lowest BCUT2D eigenvalue weighted by Gasteiger charge is -2.38. The van der Waals surface area contributed by atoms with E-state index in [0.717, 1.165) is 15.6 Å². The van der Waals surface area contributed by atoms with Gasteiger partial charge in [-0.15, -0.1) is 11.3 Å². The predicted molar refractivity (Wildman–Crippen MR) is 87.4 cm³/mol. The van der Waals surface area contributed by atoms with E-state index in [1.165, 1.54) is 11.0 Å². The summed E-state index contributed by atoms with van der Waals surface area (Å²) in [4.78, 5) is 24.9. The van der Waals surface area contributed by atoms with Gasteiger partial charge in [-0.1, -0.05) is 6.07 Å². The first-order valence-electron chi connectivity index (χ1n) is 7.28. The Hall–Kier alpha value is -1.65. The molecule has 0 saturated carbocycles. The molecule has 0 aromatic carbocycles. The summed E-state index contributed by atoms with van der Waals surface area (Å²) >= 11 is 1.02. The minimum absolute atomic E-state index is 0.0727. The molecule has 0 bridgehead atoms. The maximum Gasteiger partial charge on any atom is 0.410 e. The monoisotopic (exact) mass is 376 g/mol. The summed E-state index contributed by atoms with van der Waals surface area (Å²) in [5.41, 5.74) is -0.712. The van der Waals surface area contributed by atoms with E-state index in [1.54, 1.807) is 32.2 Å². The van der Waals surface area contributed by atoms with Crippen LogP contribution in [0.15, 0.2) is 21.7 Å². The Labute approximate surface area is 144 Å². The number of rotatable bonds is 3. The van der Waals surface area contributed by atoms with Crippen molar-refractivity contribution in [3.05, 3.63) is 17.5 Å². The number of carbonyl (C=O) groups is 2. The van der Waals surface area contributed by atoms with Gasteiger partial charge in [0.2, 0.25) is 0 Å². The number of hydrogen-bond donors (Lipinski definition) is 1. The summed E-state index contributed by atoms with van der Waals surface area (Å²) in [5, 5.41) is 11.0. The van der Waals surface area contributed by atoms with E-state index in [1.807, 2.05) is 0 Å². The minimum Gasteiger partial charge on any atom is -0.480 e. The molecule has 1 aliphatic heterocycles. The topological polar surface area (TPSA) is 104 Å². The van der Waals surface area contributed by atoms with Gasteiger partial charge in [0.15, 0.2) is 0 Å². The van der Waals surface area contributed by atoms with E-state index in [0.29, 0.717) is 0 Å². The lowest BCUT2D eigenvalue weighted by molar-refractivity contribution is -0.143. The van der Waals surface area contributed by atoms with Crippen LogP contribution >= 0.6 is 11.3 Å².